The zero-order valence-electron chi connectivity index (χ0n) is 9.41. The second kappa shape index (κ2) is 6.08. The molecule has 0 aromatic carbocycles. The van der Waals surface area contributed by atoms with Crippen molar-refractivity contribution in [1.29, 1.82) is 0 Å². The van der Waals surface area contributed by atoms with Crippen molar-refractivity contribution >= 4 is 5.91 Å². The Morgan fingerprint density at radius 3 is 2.73 bits per heavy atom. The first-order valence-electron chi connectivity index (χ1n) is 5.84. The summed E-state index contributed by atoms with van der Waals surface area (Å²) in [6, 6.07) is 0. The number of nitrogens with two attached hydrogens (primary N) is 1. The van der Waals surface area contributed by atoms with Crippen LogP contribution in [0.2, 0.25) is 0 Å². The summed E-state index contributed by atoms with van der Waals surface area (Å²) in [6.07, 6.45) is 3.59. The van der Waals surface area contributed by atoms with Gasteiger partial charge in [0.2, 0.25) is 5.91 Å². The van der Waals surface area contributed by atoms with E-state index in [1.54, 1.807) is 0 Å². The molecular formula is C11H22N2O2. The Morgan fingerprint density at radius 1 is 1.60 bits per heavy atom. The van der Waals surface area contributed by atoms with Crippen molar-refractivity contribution in [2.45, 2.75) is 38.7 Å². The molecule has 0 radical (unpaired) electrons. The Kier molecular flexibility index (Phi) is 5.05. The molecule has 1 aliphatic rings. The number of hydrogen-bond acceptors (Lipinski definition) is 3. The standard InChI is InChI=1S/C11H22N2O2/c1-2-3-9(6-12)11(15)13-7-10(14)8-4-5-8/h8-10,14H,2-7,12H2,1H3,(H,13,15). The maximum Gasteiger partial charge on any atom is 0.224 e. The molecule has 0 aromatic heterocycles. The van der Waals surface area contributed by atoms with E-state index in [1.165, 1.54) is 0 Å². The largest absolute Gasteiger partial charge is 0.391 e. The smallest absolute Gasteiger partial charge is 0.224 e. The minimum atomic E-state index is -0.367. The highest BCUT2D eigenvalue weighted by Gasteiger charge is 2.30. The number of nitrogens with one attached hydrogen (secondary N) is 1. The summed E-state index contributed by atoms with van der Waals surface area (Å²) in [5.41, 5.74) is 5.51. The number of aliphatic hydroxyl groups is 1. The van der Waals surface area contributed by atoms with Gasteiger partial charge in [-0.1, -0.05) is 13.3 Å². The fourth-order valence-corrected chi connectivity index (χ4v) is 1.70. The van der Waals surface area contributed by atoms with Crippen LogP contribution in [-0.2, 0) is 4.79 Å². The van der Waals surface area contributed by atoms with E-state index < -0.39 is 0 Å². The fraction of sp³-hybridized carbons (Fsp3) is 0.909. The summed E-state index contributed by atoms with van der Waals surface area (Å²) < 4.78 is 0. The van der Waals surface area contributed by atoms with Gasteiger partial charge in [0.15, 0.2) is 0 Å². The van der Waals surface area contributed by atoms with Crippen LogP contribution in [0.3, 0.4) is 0 Å². The van der Waals surface area contributed by atoms with E-state index in [2.05, 4.69) is 5.32 Å². The average molecular weight is 214 g/mol. The maximum atomic E-state index is 11.6. The van der Waals surface area contributed by atoms with Gasteiger partial charge in [0.05, 0.1) is 12.0 Å². The zero-order valence-corrected chi connectivity index (χ0v) is 9.41. The van der Waals surface area contributed by atoms with E-state index >= 15 is 0 Å². The molecule has 0 aromatic rings. The third-order valence-corrected chi connectivity index (χ3v) is 2.94. The predicted octanol–water partition coefficient (Wildman–Crippen LogP) is 0.249. The molecule has 0 spiro atoms. The van der Waals surface area contributed by atoms with Gasteiger partial charge < -0.3 is 16.2 Å². The highest BCUT2D eigenvalue weighted by Crippen LogP contribution is 2.32. The van der Waals surface area contributed by atoms with E-state index in [9.17, 15) is 9.90 Å². The van der Waals surface area contributed by atoms with Gasteiger partial charge in [-0.05, 0) is 25.2 Å². The number of rotatable bonds is 7. The van der Waals surface area contributed by atoms with Gasteiger partial charge in [0, 0.05) is 13.1 Å². The zero-order chi connectivity index (χ0) is 11.3. The van der Waals surface area contributed by atoms with Crippen LogP contribution in [0.4, 0.5) is 0 Å². The van der Waals surface area contributed by atoms with Crippen molar-refractivity contribution in [1.82, 2.24) is 5.32 Å². The molecule has 0 saturated heterocycles. The summed E-state index contributed by atoms with van der Waals surface area (Å²) in [7, 11) is 0. The lowest BCUT2D eigenvalue weighted by Gasteiger charge is -2.16. The number of hydrogen-bond donors (Lipinski definition) is 3. The molecule has 1 aliphatic carbocycles. The van der Waals surface area contributed by atoms with Gasteiger partial charge in [-0.3, -0.25) is 4.79 Å². The van der Waals surface area contributed by atoms with Gasteiger partial charge in [-0.25, -0.2) is 0 Å². The first kappa shape index (κ1) is 12.5. The Balaban J connectivity index is 2.20. The highest BCUT2D eigenvalue weighted by atomic mass is 16.3. The molecule has 2 atom stereocenters. The normalized spacial score (nSPS) is 19.7. The van der Waals surface area contributed by atoms with E-state index in [0.717, 1.165) is 25.7 Å². The van der Waals surface area contributed by atoms with Crippen LogP contribution in [0.1, 0.15) is 32.6 Å². The van der Waals surface area contributed by atoms with Gasteiger partial charge >= 0.3 is 0 Å². The predicted molar refractivity (Wildman–Crippen MR) is 59.2 cm³/mol. The van der Waals surface area contributed by atoms with Crippen molar-refractivity contribution in [3.63, 3.8) is 0 Å². The molecule has 4 N–H and O–H groups in total. The molecule has 2 unspecified atom stereocenters. The highest BCUT2D eigenvalue weighted by molar-refractivity contribution is 5.78. The lowest BCUT2D eigenvalue weighted by molar-refractivity contribution is -0.125. The molecule has 88 valence electrons. The molecule has 4 nitrogen and oxygen atoms in total. The molecule has 1 fully saturated rings. The quantitative estimate of drug-likeness (QED) is 0.568. The topological polar surface area (TPSA) is 75.4 Å². The molecule has 0 aliphatic heterocycles. The minimum absolute atomic E-state index is 0.0148. The SMILES string of the molecule is CCCC(CN)C(=O)NCC(O)C1CC1. The van der Waals surface area contributed by atoms with Crippen LogP contribution in [0, 0.1) is 11.8 Å². The molecule has 15 heavy (non-hydrogen) atoms. The fourth-order valence-electron chi connectivity index (χ4n) is 1.70. The van der Waals surface area contributed by atoms with Crippen molar-refractivity contribution in [3.05, 3.63) is 0 Å². The molecule has 4 heteroatoms. The van der Waals surface area contributed by atoms with Crippen molar-refractivity contribution in [3.8, 4) is 0 Å². The van der Waals surface area contributed by atoms with Crippen LogP contribution >= 0.6 is 0 Å². The summed E-state index contributed by atoms with van der Waals surface area (Å²) in [6.45, 7) is 2.80. The minimum Gasteiger partial charge on any atom is -0.391 e. The van der Waals surface area contributed by atoms with E-state index in [-0.39, 0.29) is 17.9 Å². The molecule has 1 rings (SSSR count). The lowest BCUT2D eigenvalue weighted by Crippen LogP contribution is -2.39. The molecular weight excluding hydrogens is 192 g/mol. The molecule has 0 heterocycles. The van der Waals surface area contributed by atoms with Crippen LogP contribution in [-0.4, -0.2) is 30.2 Å². The molecule has 0 bridgehead atoms. The lowest BCUT2D eigenvalue weighted by atomic mass is 10.0. The summed E-state index contributed by atoms with van der Waals surface area (Å²) in [4.78, 5) is 11.6. The van der Waals surface area contributed by atoms with Crippen molar-refractivity contribution < 1.29 is 9.90 Å². The number of carbonyl (C=O) groups excluding carboxylic acids is 1. The molecule has 1 saturated carbocycles. The third-order valence-electron chi connectivity index (χ3n) is 2.94. The van der Waals surface area contributed by atoms with Crippen molar-refractivity contribution in [2.24, 2.45) is 17.6 Å². The van der Waals surface area contributed by atoms with Gasteiger partial charge in [0.25, 0.3) is 0 Å². The third kappa shape index (κ3) is 4.18. The second-order valence-corrected chi connectivity index (χ2v) is 4.37. The van der Waals surface area contributed by atoms with Gasteiger partial charge in [-0.15, -0.1) is 0 Å². The Morgan fingerprint density at radius 2 is 2.27 bits per heavy atom. The van der Waals surface area contributed by atoms with E-state index in [4.69, 9.17) is 5.73 Å². The second-order valence-electron chi connectivity index (χ2n) is 4.37. The number of amides is 1. The average Bonchev–Trinajstić information content (AvgIpc) is 3.05. The van der Waals surface area contributed by atoms with Gasteiger partial charge in [-0.2, -0.15) is 0 Å². The van der Waals surface area contributed by atoms with Crippen molar-refractivity contribution in [2.75, 3.05) is 13.1 Å². The maximum absolute atomic E-state index is 11.6. The van der Waals surface area contributed by atoms with E-state index in [0.29, 0.717) is 19.0 Å². The summed E-state index contributed by atoms with van der Waals surface area (Å²) in [5.74, 6) is 0.299. The van der Waals surface area contributed by atoms with Crippen LogP contribution < -0.4 is 11.1 Å². The number of carbonyl (C=O) groups is 1. The Labute approximate surface area is 91.2 Å². The monoisotopic (exact) mass is 214 g/mol. The first-order chi connectivity index (χ1) is 7.19. The van der Waals surface area contributed by atoms with Gasteiger partial charge in [0.1, 0.15) is 0 Å². The van der Waals surface area contributed by atoms with Crippen LogP contribution in [0.15, 0.2) is 0 Å². The first-order valence-corrected chi connectivity index (χ1v) is 5.84. The Hall–Kier alpha value is -0.610. The van der Waals surface area contributed by atoms with Crippen LogP contribution in [0.5, 0.6) is 0 Å². The van der Waals surface area contributed by atoms with E-state index in [1.807, 2.05) is 6.92 Å². The number of aliphatic hydroxyl groups excluding tert-OH is 1. The Bertz CT molecular complexity index is 205. The van der Waals surface area contributed by atoms with Crippen LogP contribution in [0.25, 0.3) is 0 Å². The molecule has 1 amide bonds. The summed E-state index contributed by atoms with van der Waals surface area (Å²) >= 11 is 0. The summed E-state index contributed by atoms with van der Waals surface area (Å²) in [5, 5.41) is 12.3.